The topological polar surface area (TPSA) is 59.8 Å². The molecule has 5 nitrogen and oxygen atoms in total. The van der Waals surface area contributed by atoms with E-state index in [2.05, 4.69) is 59.8 Å². The van der Waals surface area contributed by atoms with Crippen molar-refractivity contribution in [1.29, 1.82) is 0 Å². The van der Waals surface area contributed by atoms with Crippen LogP contribution in [0.1, 0.15) is 18.1 Å². The average molecular weight is 403 g/mol. The Morgan fingerprint density at radius 1 is 1.17 bits per heavy atom. The molecule has 0 bridgehead atoms. The number of carbonyl (C=O) groups excluding carboxylic acids is 1. The number of benzene rings is 1. The number of thioether (sulfide) groups is 1. The van der Waals surface area contributed by atoms with Gasteiger partial charge in [0.25, 0.3) is 0 Å². The van der Waals surface area contributed by atoms with Gasteiger partial charge in [0.2, 0.25) is 5.91 Å². The monoisotopic (exact) mass is 402 g/mol. The SMILES string of the molecule is CC(=O)Nc1cc2c(-c3cc(C)cc(SCc4ccccc4)n3)cn(C)c2cn1. The van der Waals surface area contributed by atoms with Gasteiger partial charge >= 0.3 is 0 Å². The second-order valence-electron chi connectivity index (χ2n) is 7.06. The lowest BCUT2D eigenvalue weighted by Gasteiger charge is -2.07. The normalized spacial score (nSPS) is 11.0. The van der Waals surface area contributed by atoms with Gasteiger partial charge in [0, 0.05) is 36.9 Å². The highest BCUT2D eigenvalue weighted by Crippen LogP contribution is 2.32. The summed E-state index contributed by atoms with van der Waals surface area (Å²) in [4.78, 5) is 20.7. The molecule has 0 saturated carbocycles. The number of nitrogens with zero attached hydrogens (tertiary/aromatic N) is 3. The van der Waals surface area contributed by atoms with Gasteiger partial charge in [-0.05, 0) is 36.2 Å². The van der Waals surface area contributed by atoms with Gasteiger partial charge in [-0.2, -0.15) is 0 Å². The van der Waals surface area contributed by atoms with E-state index in [-0.39, 0.29) is 5.91 Å². The van der Waals surface area contributed by atoms with Crippen molar-refractivity contribution >= 4 is 34.4 Å². The van der Waals surface area contributed by atoms with Crippen molar-refractivity contribution in [3.8, 4) is 11.3 Å². The van der Waals surface area contributed by atoms with Crippen molar-refractivity contribution in [2.45, 2.75) is 24.6 Å². The van der Waals surface area contributed by atoms with Gasteiger partial charge in [-0.3, -0.25) is 4.79 Å². The molecule has 0 spiro atoms. The van der Waals surface area contributed by atoms with Crippen LogP contribution in [0.3, 0.4) is 0 Å². The van der Waals surface area contributed by atoms with E-state index in [9.17, 15) is 4.79 Å². The van der Waals surface area contributed by atoms with Crippen LogP contribution >= 0.6 is 11.8 Å². The van der Waals surface area contributed by atoms with Crippen LogP contribution in [0.2, 0.25) is 0 Å². The highest BCUT2D eigenvalue weighted by atomic mass is 32.2. The Kier molecular flexibility index (Phi) is 5.36. The first-order chi connectivity index (χ1) is 14.0. The summed E-state index contributed by atoms with van der Waals surface area (Å²) < 4.78 is 2.04. The van der Waals surface area contributed by atoms with Crippen molar-refractivity contribution < 1.29 is 4.79 Å². The van der Waals surface area contributed by atoms with Gasteiger partial charge in [0.1, 0.15) is 5.82 Å². The standard InChI is InChI=1S/C23H22N4OS/c1-15-9-20(26-23(10-15)29-14-17-7-5-4-6-8-17)19-13-27(3)21-12-24-22(11-18(19)21)25-16(2)28/h4-13H,14H2,1-3H3,(H,24,25,28). The molecule has 1 amide bonds. The molecule has 4 aromatic rings. The molecule has 6 heteroatoms. The summed E-state index contributed by atoms with van der Waals surface area (Å²) in [7, 11) is 1.99. The van der Waals surface area contributed by atoms with Crippen LogP contribution in [-0.4, -0.2) is 20.4 Å². The Morgan fingerprint density at radius 2 is 1.97 bits per heavy atom. The van der Waals surface area contributed by atoms with Crippen LogP contribution in [0.15, 0.2) is 66.0 Å². The Hall–Kier alpha value is -3.12. The first-order valence-electron chi connectivity index (χ1n) is 9.38. The molecule has 3 heterocycles. The Balaban J connectivity index is 1.71. The summed E-state index contributed by atoms with van der Waals surface area (Å²) >= 11 is 1.73. The van der Waals surface area contributed by atoms with Crippen molar-refractivity contribution in [3.05, 3.63) is 72.1 Å². The van der Waals surface area contributed by atoms with Gasteiger partial charge < -0.3 is 9.88 Å². The number of rotatable bonds is 5. The Morgan fingerprint density at radius 3 is 2.72 bits per heavy atom. The Bertz CT molecular complexity index is 1180. The minimum absolute atomic E-state index is 0.136. The number of hydrogen-bond acceptors (Lipinski definition) is 4. The minimum Gasteiger partial charge on any atom is -0.349 e. The average Bonchev–Trinajstić information content (AvgIpc) is 3.02. The lowest BCUT2D eigenvalue weighted by molar-refractivity contribution is -0.114. The lowest BCUT2D eigenvalue weighted by atomic mass is 10.1. The number of aryl methyl sites for hydroxylation is 2. The van der Waals surface area contributed by atoms with Crippen LogP contribution in [0, 0.1) is 6.92 Å². The minimum atomic E-state index is -0.136. The molecule has 0 radical (unpaired) electrons. The van der Waals surface area contributed by atoms with Gasteiger partial charge in [-0.25, -0.2) is 9.97 Å². The van der Waals surface area contributed by atoms with E-state index >= 15 is 0 Å². The third-order valence-electron chi connectivity index (χ3n) is 4.63. The van der Waals surface area contributed by atoms with Crippen molar-refractivity contribution in [1.82, 2.24) is 14.5 Å². The number of fused-ring (bicyclic) bond motifs is 1. The van der Waals surface area contributed by atoms with Gasteiger partial charge in [-0.1, -0.05) is 30.3 Å². The molecule has 1 N–H and O–H groups in total. The van der Waals surface area contributed by atoms with E-state index < -0.39 is 0 Å². The molecule has 4 rings (SSSR count). The molecular weight excluding hydrogens is 380 g/mol. The number of anilines is 1. The number of hydrogen-bond donors (Lipinski definition) is 1. The first kappa shape index (κ1) is 19.2. The second kappa shape index (κ2) is 8.09. The zero-order valence-electron chi connectivity index (χ0n) is 16.6. The highest BCUT2D eigenvalue weighted by Gasteiger charge is 2.13. The van der Waals surface area contributed by atoms with Gasteiger partial charge in [0.05, 0.1) is 22.4 Å². The molecule has 3 aromatic heterocycles. The molecule has 1 aromatic carbocycles. The zero-order chi connectivity index (χ0) is 20.4. The molecule has 0 aliphatic heterocycles. The highest BCUT2D eigenvalue weighted by molar-refractivity contribution is 7.98. The summed E-state index contributed by atoms with van der Waals surface area (Å²) in [5, 5.41) is 4.78. The maximum Gasteiger partial charge on any atom is 0.222 e. The third kappa shape index (κ3) is 4.32. The smallest absolute Gasteiger partial charge is 0.222 e. The van der Waals surface area contributed by atoms with Crippen LogP contribution in [0.4, 0.5) is 5.82 Å². The number of pyridine rings is 2. The number of aromatic nitrogens is 3. The quantitative estimate of drug-likeness (QED) is 0.467. The molecule has 0 aliphatic rings. The van der Waals surface area contributed by atoms with E-state index in [0.717, 1.165) is 32.9 Å². The fourth-order valence-electron chi connectivity index (χ4n) is 3.31. The van der Waals surface area contributed by atoms with Crippen molar-refractivity contribution in [3.63, 3.8) is 0 Å². The van der Waals surface area contributed by atoms with E-state index in [1.165, 1.54) is 18.1 Å². The number of carbonyl (C=O) groups is 1. The van der Waals surface area contributed by atoms with Crippen LogP contribution < -0.4 is 5.32 Å². The molecular formula is C23H22N4OS. The molecule has 0 atom stereocenters. The first-order valence-corrected chi connectivity index (χ1v) is 10.4. The van der Waals surface area contributed by atoms with Gasteiger partial charge in [-0.15, -0.1) is 11.8 Å². The Labute approximate surface area is 174 Å². The summed E-state index contributed by atoms with van der Waals surface area (Å²) in [6, 6.07) is 16.5. The van der Waals surface area contributed by atoms with E-state index in [1.54, 1.807) is 18.0 Å². The van der Waals surface area contributed by atoms with Crippen molar-refractivity contribution in [2.75, 3.05) is 5.32 Å². The van der Waals surface area contributed by atoms with Crippen LogP contribution in [0.5, 0.6) is 0 Å². The molecule has 0 fully saturated rings. The maximum absolute atomic E-state index is 11.4. The molecule has 0 unspecified atom stereocenters. The van der Waals surface area contributed by atoms with Crippen LogP contribution in [0.25, 0.3) is 22.2 Å². The zero-order valence-corrected chi connectivity index (χ0v) is 17.5. The number of amides is 1. The second-order valence-corrected chi connectivity index (χ2v) is 8.06. The largest absolute Gasteiger partial charge is 0.349 e. The fraction of sp³-hybridized carbons (Fsp3) is 0.174. The predicted molar refractivity (Wildman–Crippen MR) is 119 cm³/mol. The third-order valence-corrected chi connectivity index (χ3v) is 5.61. The van der Waals surface area contributed by atoms with E-state index in [1.807, 2.05) is 23.7 Å². The summed E-state index contributed by atoms with van der Waals surface area (Å²) in [6.07, 6.45) is 3.85. The predicted octanol–water partition coefficient (Wildman–Crippen LogP) is 5.19. The van der Waals surface area contributed by atoms with E-state index in [0.29, 0.717) is 5.82 Å². The fourth-order valence-corrected chi connectivity index (χ4v) is 4.25. The van der Waals surface area contributed by atoms with Gasteiger partial charge in [0.15, 0.2) is 0 Å². The number of nitrogens with one attached hydrogen (secondary N) is 1. The molecule has 146 valence electrons. The lowest BCUT2D eigenvalue weighted by Crippen LogP contribution is -2.07. The van der Waals surface area contributed by atoms with Crippen LogP contribution in [-0.2, 0) is 17.6 Å². The summed E-state index contributed by atoms with van der Waals surface area (Å²) in [5.74, 6) is 1.29. The van der Waals surface area contributed by atoms with Crippen molar-refractivity contribution in [2.24, 2.45) is 7.05 Å². The maximum atomic E-state index is 11.4. The van der Waals surface area contributed by atoms with E-state index in [4.69, 9.17) is 4.98 Å². The molecule has 0 aliphatic carbocycles. The summed E-state index contributed by atoms with van der Waals surface area (Å²) in [5.41, 5.74) is 5.39. The molecule has 29 heavy (non-hydrogen) atoms. The summed E-state index contributed by atoms with van der Waals surface area (Å²) in [6.45, 7) is 3.57. The molecule has 0 saturated heterocycles.